The van der Waals surface area contributed by atoms with Crippen molar-refractivity contribution in [1.29, 1.82) is 0 Å². The first-order chi connectivity index (χ1) is 7.72. The lowest BCUT2D eigenvalue weighted by molar-refractivity contribution is -0.126. The number of esters is 1. The summed E-state index contributed by atoms with van der Waals surface area (Å²) in [4.78, 5) is 26.0. The molecule has 1 unspecified atom stereocenters. The molecule has 86 valence electrons. The third-order valence-corrected chi connectivity index (χ3v) is 2.65. The predicted octanol–water partition coefficient (Wildman–Crippen LogP) is 0.622. The molecular formula is C11H14N2O3. The second-order valence-corrected chi connectivity index (χ2v) is 3.70. The van der Waals surface area contributed by atoms with Crippen molar-refractivity contribution in [3.8, 4) is 0 Å². The lowest BCUT2D eigenvalue weighted by atomic mass is 10.2. The maximum Gasteiger partial charge on any atom is 0.340 e. The number of aromatic nitrogens is 1. The van der Waals surface area contributed by atoms with Gasteiger partial charge in [-0.15, -0.1) is 0 Å². The Morgan fingerprint density at radius 3 is 3.06 bits per heavy atom. The van der Waals surface area contributed by atoms with E-state index in [1.54, 1.807) is 12.3 Å². The molecule has 0 radical (unpaired) electrons. The number of aryl methyl sites for hydroxylation is 1. The molecule has 5 nitrogen and oxygen atoms in total. The Balaban J connectivity index is 2.05. The number of ether oxygens (including phenoxy) is 1. The van der Waals surface area contributed by atoms with E-state index < -0.39 is 12.1 Å². The van der Waals surface area contributed by atoms with Crippen molar-refractivity contribution in [2.24, 2.45) is 0 Å². The van der Waals surface area contributed by atoms with Gasteiger partial charge in [0, 0.05) is 24.9 Å². The molecule has 0 bridgehead atoms. The zero-order valence-electron chi connectivity index (χ0n) is 9.08. The predicted molar refractivity (Wildman–Crippen MR) is 57.0 cm³/mol. The molecule has 1 fully saturated rings. The van der Waals surface area contributed by atoms with Crippen LogP contribution in [0.3, 0.4) is 0 Å². The number of amides is 1. The Morgan fingerprint density at radius 1 is 1.62 bits per heavy atom. The molecule has 5 heteroatoms. The SMILES string of the molecule is CCc1[nH]ccc1C(=O)OC1CCNC1=O. The van der Waals surface area contributed by atoms with Crippen LogP contribution >= 0.6 is 0 Å². The van der Waals surface area contributed by atoms with Crippen LogP contribution in [-0.2, 0) is 16.0 Å². The molecule has 0 saturated carbocycles. The molecule has 1 atom stereocenters. The van der Waals surface area contributed by atoms with Gasteiger partial charge in [-0.1, -0.05) is 6.92 Å². The summed E-state index contributed by atoms with van der Waals surface area (Å²) >= 11 is 0. The number of hydrogen-bond acceptors (Lipinski definition) is 3. The van der Waals surface area contributed by atoms with Crippen LogP contribution < -0.4 is 5.32 Å². The maximum atomic E-state index is 11.8. The average Bonchev–Trinajstić information content (AvgIpc) is 2.87. The van der Waals surface area contributed by atoms with Gasteiger partial charge in [-0.05, 0) is 12.5 Å². The van der Waals surface area contributed by atoms with E-state index in [9.17, 15) is 9.59 Å². The minimum absolute atomic E-state index is 0.207. The van der Waals surface area contributed by atoms with Crippen LogP contribution in [0.1, 0.15) is 29.4 Å². The van der Waals surface area contributed by atoms with Gasteiger partial charge in [-0.25, -0.2) is 4.79 Å². The summed E-state index contributed by atoms with van der Waals surface area (Å²) in [6.07, 6.45) is 2.35. The molecule has 2 heterocycles. The molecule has 1 amide bonds. The van der Waals surface area contributed by atoms with Crippen LogP contribution in [0.5, 0.6) is 0 Å². The van der Waals surface area contributed by atoms with E-state index in [1.807, 2.05) is 6.92 Å². The third kappa shape index (κ3) is 1.93. The van der Waals surface area contributed by atoms with Gasteiger partial charge in [0.05, 0.1) is 5.56 Å². The van der Waals surface area contributed by atoms with Crippen LogP contribution in [0.15, 0.2) is 12.3 Å². The highest BCUT2D eigenvalue weighted by atomic mass is 16.5. The van der Waals surface area contributed by atoms with Crippen molar-refractivity contribution >= 4 is 11.9 Å². The van der Waals surface area contributed by atoms with E-state index in [4.69, 9.17) is 4.74 Å². The van der Waals surface area contributed by atoms with Gasteiger partial charge in [-0.2, -0.15) is 0 Å². The van der Waals surface area contributed by atoms with E-state index >= 15 is 0 Å². The number of carbonyl (C=O) groups is 2. The monoisotopic (exact) mass is 222 g/mol. The summed E-state index contributed by atoms with van der Waals surface area (Å²) in [5.41, 5.74) is 1.35. The second kappa shape index (κ2) is 4.38. The fourth-order valence-electron chi connectivity index (χ4n) is 1.76. The molecule has 1 aromatic rings. The van der Waals surface area contributed by atoms with Crippen molar-refractivity contribution in [2.45, 2.75) is 25.9 Å². The topological polar surface area (TPSA) is 71.2 Å². The molecule has 1 aromatic heterocycles. The first-order valence-corrected chi connectivity index (χ1v) is 5.37. The summed E-state index contributed by atoms with van der Waals surface area (Å²) in [7, 11) is 0. The van der Waals surface area contributed by atoms with Gasteiger partial charge in [0.15, 0.2) is 6.10 Å². The fraction of sp³-hybridized carbons (Fsp3) is 0.455. The molecule has 0 aromatic carbocycles. The summed E-state index contributed by atoms with van der Waals surface area (Å²) in [6.45, 7) is 2.52. The Kier molecular flexibility index (Phi) is 2.94. The molecule has 16 heavy (non-hydrogen) atoms. The van der Waals surface area contributed by atoms with E-state index in [1.165, 1.54) is 0 Å². The number of aromatic amines is 1. The van der Waals surface area contributed by atoms with E-state index in [0.29, 0.717) is 18.5 Å². The highest BCUT2D eigenvalue weighted by Crippen LogP contribution is 2.13. The lowest BCUT2D eigenvalue weighted by Crippen LogP contribution is -2.27. The first kappa shape index (κ1) is 10.7. The average molecular weight is 222 g/mol. The highest BCUT2D eigenvalue weighted by molar-refractivity contribution is 5.93. The largest absolute Gasteiger partial charge is 0.449 e. The molecule has 2 N–H and O–H groups in total. The molecular weight excluding hydrogens is 208 g/mol. The van der Waals surface area contributed by atoms with Gasteiger partial charge in [-0.3, -0.25) is 4.79 Å². The van der Waals surface area contributed by atoms with Gasteiger partial charge in [0.25, 0.3) is 5.91 Å². The summed E-state index contributed by atoms with van der Waals surface area (Å²) in [6, 6.07) is 1.67. The number of nitrogens with one attached hydrogen (secondary N) is 2. The quantitative estimate of drug-likeness (QED) is 0.736. The zero-order valence-corrected chi connectivity index (χ0v) is 9.08. The molecule has 2 rings (SSSR count). The fourth-order valence-corrected chi connectivity index (χ4v) is 1.76. The standard InChI is InChI=1S/C11H14N2O3/c1-2-8-7(3-5-12-8)11(15)16-9-4-6-13-10(9)14/h3,5,9,12H,2,4,6H2,1H3,(H,13,14). The third-order valence-electron chi connectivity index (χ3n) is 2.65. The maximum absolute atomic E-state index is 11.8. The number of H-pyrrole nitrogens is 1. The molecule has 1 aliphatic heterocycles. The number of hydrogen-bond donors (Lipinski definition) is 2. The molecule has 1 aliphatic rings. The van der Waals surface area contributed by atoms with Crippen LogP contribution in [0, 0.1) is 0 Å². The van der Waals surface area contributed by atoms with Gasteiger partial charge >= 0.3 is 5.97 Å². The first-order valence-electron chi connectivity index (χ1n) is 5.37. The smallest absolute Gasteiger partial charge is 0.340 e. The Labute approximate surface area is 93.2 Å². The van der Waals surface area contributed by atoms with E-state index in [0.717, 1.165) is 12.1 Å². The van der Waals surface area contributed by atoms with E-state index in [2.05, 4.69) is 10.3 Å². The highest BCUT2D eigenvalue weighted by Gasteiger charge is 2.28. The lowest BCUT2D eigenvalue weighted by Gasteiger charge is -2.09. The Bertz CT molecular complexity index is 411. The van der Waals surface area contributed by atoms with Gasteiger partial charge in [0.2, 0.25) is 0 Å². The minimum Gasteiger partial charge on any atom is -0.449 e. The van der Waals surface area contributed by atoms with Crippen molar-refractivity contribution in [3.63, 3.8) is 0 Å². The minimum atomic E-state index is -0.632. The summed E-state index contributed by atoms with van der Waals surface area (Å²) < 4.78 is 5.14. The van der Waals surface area contributed by atoms with Crippen LogP contribution in [0.2, 0.25) is 0 Å². The van der Waals surface area contributed by atoms with E-state index in [-0.39, 0.29) is 5.91 Å². The molecule has 0 aliphatic carbocycles. The summed E-state index contributed by atoms with van der Waals surface area (Å²) in [5, 5.41) is 2.62. The number of carbonyl (C=O) groups excluding carboxylic acids is 2. The summed E-state index contributed by atoms with van der Waals surface area (Å²) in [5.74, 6) is -0.637. The van der Waals surface area contributed by atoms with Crippen molar-refractivity contribution in [2.75, 3.05) is 6.54 Å². The van der Waals surface area contributed by atoms with Crippen molar-refractivity contribution in [3.05, 3.63) is 23.5 Å². The van der Waals surface area contributed by atoms with Crippen LogP contribution in [0.25, 0.3) is 0 Å². The van der Waals surface area contributed by atoms with Gasteiger partial charge < -0.3 is 15.0 Å². The normalized spacial score (nSPS) is 19.6. The van der Waals surface area contributed by atoms with Gasteiger partial charge in [0.1, 0.15) is 0 Å². The number of rotatable bonds is 3. The zero-order chi connectivity index (χ0) is 11.5. The van der Waals surface area contributed by atoms with Crippen molar-refractivity contribution < 1.29 is 14.3 Å². The van der Waals surface area contributed by atoms with Crippen LogP contribution in [0.4, 0.5) is 0 Å². The van der Waals surface area contributed by atoms with Crippen molar-refractivity contribution in [1.82, 2.24) is 10.3 Å². The molecule has 1 saturated heterocycles. The molecule has 0 spiro atoms. The Morgan fingerprint density at radius 2 is 2.44 bits per heavy atom. The second-order valence-electron chi connectivity index (χ2n) is 3.70. The Hall–Kier alpha value is -1.78. The van der Waals surface area contributed by atoms with Crippen LogP contribution in [-0.4, -0.2) is 29.5 Å².